The van der Waals surface area contributed by atoms with Crippen LogP contribution in [0.25, 0.3) is 0 Å². The Kier molecular flexibility index (Phi) is 3.00. The van der Waals surface area contributed by atoms with Crippen molar-refractivity contribution in [1.29, 1.82) is 0 Å². The summed E-state index contributed by atoms with van der Waals surface area (Å²) in [6.07, 6.45) is 3.09. The topological polar surface area (TPSA) is 74.8 Å². The Bertz CT molecular complexity index is 604. The summed E-state index contributed by atoms with van der Waals surface area (Å²) in [5.74, 6) is -0.327. The Balaban J connectivity index is 2.23. The molecule has 2 N–H and O–H groups in total. The highest BCUT2D eigenvalue weighted by Gasteiger charge is 2.07. The lowest BCUT2D eigenvalue weighted by Gasteiger charge is -2.06. The van der Waals surface area contributed by atoms with Crippen LogP contribution in [0.3, 0.4) is 0 Å². The van der Waals surface area contributed by atoms with Crippen LogP contribution in [0.2, 0.25) is 0 Å². The van der Waals surface area contributed by atoms with Crippen molar-refractivity contribution in [3.8, 4) is 0 Å². The van der Waals surface area contributed by atoms with Gasteiger partial charge in [0.05, 0.1) is 11.4 Å². The molecule has 0 fully saturated rings. The first kappa shape index (κ1) is 11.1. The number of carbonyl (C=O) groups excluding carboxylic acids is 1. The molecule has 0 atom stereocenters. The molecule has 1 amide bonds. The van der Waals surface area contributed by atoms with Crippen LogP contribution in [-0.4, -0.2) is 15.9 Å². The Morgan fingerprint density at radius 1 is 1.41 bits per heavy atom. The Labute approximate surface area is 97.5 Å². The minimum Gasteiger partial charge on any atom is -0.329 e. The Hall–Kier alpha value is -2.43. The van der Waals surface area contributed by atoms with Crippen molar-refractivity contribution in [1.82, 2.24) is 9.97 Å². The number of aromatic amines is 1. The molecule has 2 heterocycles. The van der Waals surface area contributed by atoms with Crippen LogP contribution in [-0.2, 0) is 0 Å². The van der Waals surface area contributed by atoms with Crippen LogP contribution in [0, 0.1) is 6.92 Å². The molecule has 0 aliphatic rings. The van der Waals surface area contributed by atoms with Gasteiger partial charge in [0.15, 0.2) is 0 Å². The van der Waals surface area contributed by atoms with Gasteiger partial charge in [0.2, 0.25) is 5.56 Å². The third-order valence-electron chi connectivity index (χ3n) is 2.29. The second-order valence-electron chi connectivity index (χ2n) is 3.53. The van der Waals surface area contributed by atoms with Crippen LogP contribution in [0.1, 0.15) is 16.1 Å². The smallest absolute Gasteiger partial charge is 0.255 e. The molecule has 0 unspecified atom stereocenters. The first-order valence-electron chi connectivity index (χ1n) is 5.08. The molecule has 2 aromatic heterocycles. The molecule has 2 rings (SSSR count). The maximum absolute atomic E-state index is 11.8. The van der Waals surface area contributed by atoms with Gasteiger partial charge in [-0.25, -0.2) is 0 Å². The van der Waals surface area contributed by atoms with Crippen LogP contribution in [0.5, 0.6) is 0 Å². The maximum atomic E-state index is 11.8. The zero-order valence-corrected chi connectivity index (χ0v) is 9.23. The van der Waals surface area contributed by atoms with Gasteiger partial charge in [-0.05, 0) is 25.1 Å². The third kappa shape index (κ3) is 2.57. The normalized spacial score (nSPS) is 9.94. The van der Waals surface area contributed by atoms with Gasteiger partial charge < -0.3 is 10.3 Å². The van der Waals surface area contributed by atoms with E-state index >= 15 is 0 Å². The second kappa shape index (κ2) is 4.61. The molecule has 5 nitrogen and oxygen atoms in total. The van der Waals surface area contributed by atoms with Crippen LogP contribution in [0.4, 0.5) is 5.69 Å². The van der Waals surface area contributed by atoms with Gasteiger partial charge in [-0.3, -0.25) is 14.6 Å². The van der Waals surface area contributed by atoms with Crippen molar-refractivity contribution in [3.63, 3.8) is 0 Å². The summed E-state index contributed by atoms with van der Waals surface area (Å²) in [5, 5.41) is 2.70. The van der Waals surface area contributed by atoms with Crippen LogP contribution < -0.4 is 10.9 Å². The summed E-state index contributed by atoms with van der Waals surface area (Å²) in [7, 11) is 0. The summed E-state index contributed by atoms with van der Waals surface area (Å²) < 4.78 is 0. The fraction of sp³-hybridized carbons (Fsp3) is 0.0833. The predicted molar refractivity (Wildman–Crippen MR) is 64.0 cm³/mol. The van der Waals surface area contributed by atoms with E-state index in [1.54, 1.807) is 31.3 Å². The van der Waals surface area contributed by atoms with Gasteiger partial charge in [0, 0.05) is 24.0 Å². The molecule has 0 aliphatic carbocycles. The van der Waals surface area contributed by atoms with Crippen molar-refractivity contribution in [2.75, 3.05) is 5.32 Å². The maximum Gasteiger partial charge on any atom is 0.255 e. The number of rotatable bonds is 2. The number of amides is 1. The number of aromatic nitrogens is 2. The van der Waals surface area contributed by atoms with Gasteiger partial charge >= 0.3 is 0 Å². The van der Waals surface area contributed by atoms with Crippen molar-refractivity contribution < 1.29 is 4.79 Å². The average Bonchev–Trinajstić information content (AvgIpc) is 2.32. The lowest BCUT2D eigenvalue weighted by molar-refractivity contribution is 0.102. The van der Waals surface area contributed by atoms with Gasteiger partial charge in [0.25, 0.3) is 5.91 Å². The monoisotopic (exact) mass is 229 g/mol. The predicted octanol–water partition coefficient (Wildman–Crippen LogP) is 1.33. The molecule has 2 aromatic rings. The van der Waals surface area contributed by atoms with E-state index in [1.807, 2.05) is 0 Å². The fourth-order valence-electron chi connectivity index (χ4n) is 1.40. The number of H-pyrrole nitrogens is 1. The number of pyridine rings is 2. The van der Waals surface area contributed by atoms with E-state index in [4.69, 9.17) is 0 Å². The molecule has 0 saturated heterocycles. The van der Waals surface area contributed by atoms with E-state index in [0.717, 1.165) is 5.69 Å². The van der Waals surface area contributed by atoms with E-state index in [9.17, 15) is 9.59 Å². The number of carbonyl (C=O) groups is 1. The molecular formula is C12H11N3O2. The molecule has 0 radical (unpaired) electrons. The van der Waals surface area contributed by atoms with Crippen molar-refractivity contribution in [3.05, 3.63) is 58.3 Å². The van der Waals surface area contributed by atoms with Gasteiger partial charge in [-0.2, -0.15) is 0 Å². The largest absolute Gasteiger partial charge is 0.329 e. The summed E-state index contributed by atoms with van der Waals surface area (Å²) in [5.41, 5.74) is 1.38. The molecule has 5 heteroatoms. The highest BCUT2D eigenvalue weighted by atomic mass is 16.2. The highest BCUT2D eigenvalue weighted by molar-refractivity contribution is 6.04. The Morgan fingerprint density at radius 3 is 2.94 bits per heavy atom. The van der Waals surface area contributed by atoms with E-state index in [0.29, 0.717) is 11.3 Å². The summed E-state index contributed by atoms with van der Waals surface area (Å²) in [6, 6.07) is 6.29. The molecular weight excluding hydrogens is 218 g/mol. The van der Waals surface area contributed by atoms with Crippen LogP contribution in [0.15, 0.2) is 41.5 Å². The number of anilines is 1. The van der Waals surface area contributed by atoms with Gasteiger partial charge in [0.1, 0.15) is 0 Å². The fourth-order valence-corrected chi connectivity index (χ4v) is 1.40. The number of hydrogen-bond acceptors (Lipinski definition) is 3. The summed E-state index contributed by atoms with van der Waals surface area (Å²) in [4.78, 5) is 29.4. The standard InChI is InChI=1S/C12H11N3O2/c1-8-10(3-2-5-13-8)15-12(17)9-4-6-14-11(16)7-9/h2-7H,1H3,(H,14,16)(H,15,17). The number of nitrogens with one attached hydrogen (secondary N) is 2. The lowest BCUT2D eigenvalue weighted by atomic mass is 10.2. The Morgan fingerprint density at radius 2 is 2.24 bits per heavy atom. The minimum atomic E-state index is -0.327. The zero-order valence-electron chi connectivity index (χ0n) is 9.23. The van der Waals surface area contributed by atoms with Crippen LogP contribution >= 0.6 is 0 Å². The highest BCUT2D eigenvalue weighted by Crippen LogP contribution is 2.11. The zero-order chi connectivity index (χ0) is 12.3. The molecule has 0 aromatic carbocycles. The number of nitrogens with zero attached hydrogens (tertiary/aromatic N) is 1. The molecule has 86 valence electrons. The average molecular weight is 229 g/mol. The van der Waals surface area contributed by atoms with Crippen molar-refractivity contribution >= 4 is 11.6 Å². The first-order valence-corrected chi connectivity index (χ1v) is 5.08. The molecule has 0 aliphatic heterocycles. The summed E-state index contributed by atoms with van der Waals surface area (Å²) >= 11 is 0. The van der Waals surface area contributed by atoms with Gasteiger partial charge in [-0.1, -0.05) is 0 Å². The third-order valence-corrected chi connectivity index (χ3v) is 2.29. The van der Waals surface area contributed by atoms with E-state index in [-0.39, 0.29) is 11.5 Å². The number of hydrogen-bond donors (Lipinski definition) is 2. The van der Waals surface area contributed by atoms with E-state index < -0.39 is 0 Å². The molecule has 17 heavy (non-hydrogen) atoms. The number of aryl methyl sites for hydroxylation is 1. The SMILES string of the molecule is Cc1ncccc1NC(=O)c1cc[nH]c(=O)c1. The summed E-state index contributed by atoms with van der Waals surface area (Å²) in [6.45, 7) is 1.80. The van der Waals surface area contributed by atoms with Crippen molar-refractivity contribution in [2.45, 2.75) is 6.92 Å². The van der Waals surface area contributed by atoms with Gasteiger partial charge in [-0.15, -0.1) is 0 Å². The lowest BCUT2D eigenvalue weighted by Crippen LogP contribution is -2.16. The molecule has 0 saturated carbocycles. The minimum absolute atomic E-state index is 0.305. The molecule has 0 bridgehead atoms. The quantitative estimate of drug-likeness (QED) is 0.815. The second-order valence-corrected chi connectivity index (χ2v) is 3.53. The molecule has 0 spiro atoms. The first-order chi connectivity index (χ1) is 8.16. The van der Waals surface area contributed by atoms with E-state index in [1.165, 1.54) is 12.3 Å². The van der Waals surface area contributed by atoms with E-state index in [2.05, 4.69) is 15.3 Å². The van der Waals surface area contributed by atoms with Crippen molar-refractivity contribution in [2.24, 2.45) is 0 Å².